The van der Waals surface area contributed by atoms with Crippen molar-refractivity contribution in [3.63, 3.8) is 0 Å². The largest absolute Gasteiger partial charge is 0.480 e. The second-order valence-electron chi connectivity index (χ2n) is 10.2. The molecule has 0 saturated heterocycles. The number of carbonyl (C=O) groups excluding carboxylic acids is 2. The fourth-order valence-electron chi connectivity index (χ4n) is 4.99. The molecule has 4 rings (SSSR count). The quantitative estimate of drug-likeness (QED) is 0.292. The second kappa shape index (κ2) is 13.3. The van der Waals surface area contributed by atoms with Crippen molar-refractivity contribution < 1.29 is 29.0 Å². The Morgan fingerprint density at radius 2 is 1.40 bits per heavy atom. The number of carbonyl (C=O) groups is 3. The normalized spacial score (nSPS) is 15.2. The Labute approximate surface area is 234 Å². The minimum Gasteiger partial charge on any atom is -0.480 e. The molecular formula is C32H36N2O6. The minimum absolute atomic E-state index is 0.0814. The lowest BCUT2D eigenvalue weighted by atomic mass is 9.98. The van der Waals surface area contributed by atoms with Crippen molar-refractivity contribution in [3.8, 4) is 11.1 Å². The standard InChI is InChI=1S/C32H36N2O6/c1-4-20(2)28(31(36)37)33-30(35)29(21(3)39-18-22-12-6-5-7-13-22)34-32(38)40-19-27-25-16-10-8-14-23(25)24-15-9-11-17-26(24)27/h5-17,20-21,27-29H,4,18-19H2,1-3H3,(H,33,35)(H,34,38)(H,36,37). The number of carboxylic acid groups (broad SMARTS) is 1. The highest BCUT2D eigenvalue weighted by molar-refractivity contribution is 5.90. The molecule has 1 aliphatic carbocycles. The summed E-state index contributed by atoms with van der Waals surface area (Å²) in [5.41, 5.74) is 5.26. The molecule has 3 N–H and O–H groups in total. The van der Waals surface area contributed by atoms with Gasteiger partial charge in [0.05, 0.1) is 12.7 Å². The summed E-state index contributed by atoms with van der Waals surface area (Å²) in [5.74, 6) is -2.24. The van der Waals surface area contributed by atoms with Gasteiger partial charge in [-0.2, -0.15) is 0 Å². The summed E-state index contributed by atoms with van der Waals surface area (Å²) in [6, 6.07) is 23.2. The molecule has 3 aromatic rings. The van der Waals surface area contributed by atoms with Gasteiger partial charge in [0.25, 0.3) is 0 Å². The first-order valence-corrected chi connectivity index (χ1v) is 13.6. The number of nitrogens with one attached hydrogen (secondary N) is 2. The molecule has 0 fully saturated rings. The molecule has 0 aliphatic heterocycles. The molecule has 8 nitrogen and oxygen atoms in total. The van der Waals surface area contributed by atoms with Crippen LogP contribution in [0.2, 0.25) is 0 Å². The van der Waals surface area contributed by atoms with Gasteiger partial charge in [0.1, 0.15) is 18.7 Å². The van der Waals surface area contributed by atoms with Crippen molar-refractivity contribution in [1.82, 2.24) is 10.6 Å². The van der Waals surface area contributed by atoms with Crippen LogP contribution in [-0.4, -0.2) is 47.9 Å². The SMILES string of the molecule is CCC(C)C(NC(=O)C(NC(=O)OCC1c2ccccc2-c2ccccc21)C(C)OCc1ccccc1)C(=O)O. The number of fused-ring (bicyclic) bond motifs is 3. The smallest absolute Gasteiger partial charge is 0.407 e. The summed E-state index contributed by atoms with van der Waals surface area (Å²) < 4.78 is 11.6. The molecule has 0 saturated carbocycles. The van der Waals surface area contributed by atoms with E-state index in [-0.39, 0.29) is 25.0 Å². The Morgan fingerprint density at radius 1 is 0.825 bits per heavy atom. The Hall–Kier alpha value is -4.17. The first kappa shape index (κ1) is 28.8. The predicted octanol–water partition coefficient (Wildman–Crippen LogP) is 5.11. The van der Waals surface area contributed by atoms with E-state index in [1.54, 1.807) is 13.8 Å². The topological polar surface area (TPSA) is 114 Å². The fraction of sp³-hybridized carbons (Fsp3) is 0.344. The third kappa shape index (κ3) is 6.69. The molecule has 1 aliphatic rings. The number of carboxylic acids is 1. The minimum atomic E-state index is -1.18. The number of alkyl carbamates (subject to hydrolysis) is 1. The van der Waals surface area contributed by atoms with Gasteiger partial charge < -0.3 is 25.2 Å². The average Bonchev–Trinajstić information content (AvgIpc) is 3.29. The summed E-state index contributed by atoms with van der Waals surface area (Å²) in [5, 5.41) is 14.9. The third-order valence-corrected chi connectivity index (χ3v) is 7.50. The Morgan fingerprint density at radius 3 is 1.98 bits per heavy atom. The van der Waals surface area contributed by atoms with Crippen molar-refractivity contribution in [2.24, 2.45) is 5.92 Å². The number of benzene rings is 3. The van der Waals surface area contributed by atoms with Crippen molar-refractivity contribution >= 4 is 18.0 Å². The van der Waals surface area contributed by atoms with Crippen molar-refractivity contribution in [2.45, 2.75) is 57.9 Å². The number of ether oxygens (including phenoxy) is 2. The molecule has 210 valence electrons. The summed E-state index contributed by atoms with van der Waals surface area (Å²) in [4.78, 5) is 38.2. The second-order valence-corrected chi connectivity index (χ2v) is 10.2. The highest BCUT2D eigenvalue weighted by atomic mass is 16.5. The molecule has 0 heterocycles. The zero-order chi connectivity index (χ0) is 28.6. The maximum atomic E-state index is 13.3. The lowest BCUT2D eigenvalue weighted by molar-refractivity contribution is -0.144. The van der Waals surface area contributed by atoms with Gasteiger partial charge in [0, 0.05) is 5.92 Å². The number of rotatable bonds is 12. The van der Waals surface area contributed by atoms with Crippen LogP contribution in [-0.2, 0) is 25.7 Å². The predicted molar refractivity (Wildman–Crippen MR) is 152 cm³/mol. The van der Waals surface area contributed by atoms with Crippen LogP contribution in [0.4, 0.5) is 4.79 Å². The Balaban J connectivity index is 1.47. The molecule has 8 heteroatoms. The molecule has 4 atom stereocenters. The van der Waals surface area contributed by atoms with E-state index in [0.717, 1.165) is 27.8 Å². The van der Waals surface area contributed by atoms with Crippen LogP contribution in [0.3, 0.4) is 0 Å². The summed E-state index contributed by atoms with van der Waals surface area (Å²) >= 11 is 0. The van der Waals surface area contributed by atoms with Gasteiger partial charge in [-0.25, -0.2) is 9.59 Å². The summed E-state index contributed by atoms with van der Waals surface area (Å²) in [7, 11) is 0. The number of amides is 2. The van der Waals surface area contributed by atoms with Crippen molar-refractivity contribution in [2.75, 3.05) is 6.61 Å². The zero-order valence-electron chi connectivity index (χ0n) is 23.0. The van der Waals surface area contributed by atoms with E-state index in [1.165, 1.54) is 0 Å². The van der Waals surface area contributed by atoms with E-state index >= 15 is 0 Å². The van der Waals surface area contributed by atoms with Gasteiger partial charge in [-0.1, -0.05) is 99.1 Å². The Kier molecular flexibility index (Phi) is 9.56. The number of aliphatic carboxylic acids is 1. The molecule has 4 unspecified atom stereocenters. The maximum absolute atomic E-state index is 13.3. The number of hydrogen-bond donors (Lipinski definition) is 3. The molecule has 2 amide bonds. The van der Waals surface area contributed by atoms with E-state index in [1.807, 2.05) is 73.7 Å². The van der Waals surface area contributed by atoms with Crippen LogP contribution in [0.5, 0.6) is 0 Å². The van der Waals surface area contributed by atoms with E-state index in [0.29, 0.717) is 6.42 Å². The lowest BCUT2D eigenvalue weighted by Gasteiger charge is -2.28. The van der Waals surface area contributed by atoms with Gasteiger partial charge in [-0.15, -0.1) is 0 Å². The average molecular weight is 545 g/mol. The van der Waals surface area contributed by atoms with Crippen LogP contribution in [0.15, 0.2) is 78.9 Å². The number of hydrogen-bond acceptors (Lipinski definition) is 5. The molecule has 0 spiro atoms. The van der Waals surface area contributed by atoms with Gasteiger partial charge in [-0.3, -0.25) is 4.79 Å². The maximum Gasteiger partial charge on any atom is 0.407 e. The fourth-order valence-corrected chi connectivity index (χ4v) is 4.99. The molecular weight excluding hydrogens is 508 g/mol. The van der Waals surface area contributed by atoms with E-state index in [4.69, 9.17) is 9.47 Å². The molecule has 3 aromatic carbocycles. The Bertz CT molecular complexity index is 1280. The van der Waals surface area contributed by atoms with Crippen molar-refractivity contribution in [3.05, 3.63) is 95.6 Å². The summed E-state index contributed by atoms with van der Waals surface area (Å²) in [6.45, 7) is 5.56. The molecule has 0 aromatic heterocycles. The van der Waals surface area contributed by atoms with E-state index in [9.17, 15) is 19.5 Å². The van der Waals surface area contributed by atoms with E-state index < -0.39 is 36.2 Å². The van der Waals surface area contributed by atoms with Crippen LogP contribution in [0, 0.1) is 5.92 Å². The van der Waals surface area contributed by atoms with E-state index in [2.05, 4.69) is 22.8 Å². The summed E-state index contributed by atoms with van der Waals surface area (Å²) in [6.07, 6.45) is -0.999. The van der Waals surface area contributed by atoms with Crippen LogP contribution in [0.25, 0.3) is 11.1 Å². The lowest BCUT2D eigenvalue weighted by Crippen LogP contribution is -2.57. The molecule has 40 heavy (non-hydrogen) atoms. The van der Waals surface area contributed by atoms with Crippen molar-refractivity contribution in [1.29, 1.82) is 0 Å². The van der Waals surface area contributed by atoms with Gasteiger partial charge in [0.15, 0.2) is 0 Å². The molecule has 0 radical (unpaired) electrons. The zero-order valence-corrected chi connectivity index (χ0v) is 23.0. The van der Waals surface area contributed by atoms with Gasteiger partial charge >= 0.3 is 12.1 Å². The highest BCUT2D eigenvalue weighted by Gasteiger charge is 2.34. The van der Waals surface area contributed by atoms with Crippen LogP contribution < -0.4 is 10.6 Å². The third-order valence-electron chi connectivity index (χ3n) is 7.50. The van der Waals surface area contributed by atoms with Crippen LogP contribution >= 0.6 is 0 Å². The monoisotopic (exact) mass is 544 g/mol. The first-order chi connectivity index (χ1) is 19.3. The van der Waals surface area contributed by atoms with Gasteiger partial charge in [-0.05, 0) is 40.7 Å². The highest BCUT2D eigenvalue weighted by Crippen LogP contribution is 2.44. The molecule has 0 bridgehead atoms. The first-order valence-electron chi connectivity index (χ1n) is 13.6. The van der Waals surface area contributed by atoms with Gasteiger partial charge in [0.2, 0.25) is 5.91 Å². The van der Waals surface area contributed by atoms with Crippen LogP contribution in [0.1, 0.15) is 49.8 Å².